The van der Waals surface area contributed by atoms with E-state index in [0.29, 0.717) is 23.8 Å². The van der Waals surface area contributed by atoms with Crippen LogP contribution in [0.2, 0.25) is 0 Å². The van der Waals surface area contributed by atoms with Gasteiger partial charge in [0.15, 0.2) is 10.9 Å². The molecule has 2 fully saturated rings. The van der Waals surface area contributed by atoms with Crippen LogP contribution in [0, 0.1) is 12.7 Å². The van der Waals surface area contributed by atoms with Crippen molar-refractivity contribution < 1.29 is 4.39 Å². The largest absolute Gasteiger partial charge is 0.370 e. The highest BCUT2D eigenvalue weighted by atomic mass is 32.1. The van der Waals surface area contributed by atoms with Gasteiger partial charge in [-0.1, -0.05) is 24.2 Å². The molecule has 5 rings (SSSR count). The van der Waals surface area contributed by atoms with Crippen molar-refractivity contribution in [3.63, 3.8) is 0 Å². The molecule has 186 valence electrons. The molecule has 1 aliphatic carbocycles. The molecule has 10 heteroatoms. The molecule has 3 aromatic rings. The fourth-order valence-corrected chi connectivity index (χ4v) is 5.95. The molecule has 1 saturated carbocycles. The van der Waals surface area contributed by atoms with E-state index in [4.69, 9.17) is 0 Å². The van der Waals surface area contributed by atoms with E-state index in [0.717, 1.165) is 60.2 Å². The first kappa shape index (κ1) is 23.9. The molecule has 3 aromatic heterocycles. The van der Waals surface area contributed by atoms with E-state index in [1.165, 1.54) is 30.4 Å². The second kappa shape index (κ2) is 10.4. The summed E-state index contributed by atoms with van der Waals surface area (Å²) in [6.45, 7) is 3.93. The van der Waals surface area contributed by atoms with Gasteiger partial charge in [-0.25, -0.2) is 24.3 Å². The van der Waals surface area contributed by atoms with Crippen LogP contribution in [0.1, 0.15) is 44.2 Å². The summed E-state index contributed by atoms with van der Waals surface area (Å²) in [6.07, 6.45) is 10.2. The van der Waals surface area contributed by atoms with Gasteiger partial charge in [0.2, 0.25) is 5.95 Å². The highest BCUT2D eigenvalue weighted by Crippen LogP contribution is 2.35. The number of nitrogens with zero attached hydrogens (tertiary/aromatic N) is 6. The van der Waals surface area contributed by atoms with Crippen LogP contribution in [0.15, 0.2) is 24.5 Å². The second-order valence-electron chi connectivity index (χ2n) is 9.66. The molecule has 1 saturated heterocycles. The molecule has 2 N–H and O–H groups in total. The van der Waals surface area contributed by atoms with Gasteiger partial charge in [-0.3, -0.25) is 0 Å². The third kappa shape index (κ3) is 5.54. The van der Waals surface area contributed by atoms with Crippen LogP contribution in [-0.2, 0) is 0 Å². The molecular weight excluding hydrogens is 463 g/mol. The van der Waals surface area contributed by atoms with Crippen molar-refractivity contribution in [2.45, 2.75) is 57.5 Å². The lowest BCUT2D eigenvalue weighted by atomic mass is 10.0. The van der Waals surface area contributed by atoms with E-state index in [1.807, 2.05) is 19.2 Å². The van der Waals surface area contributed by atoms with Crippen LogP contribution in [0.25, 0.3) is 10.6 Å². The summed E-state index contributed by atoms with van der Waals surface area (Å²) < 4.78 is 14.7. The Morgan fingerprint density at radius 3 is 2.49 bits per heavy atom. The number of thiazole rings is 1. The maximum atomic E-state index is 14.7. The van der Waals surface area contributed by atoms with E-state index >= 15 is 0 Å². The number of hydrogen-bond acceptors (Lipinski definition) is 9. The summed E-state index contributed by atoms with van der Waals surface area (Å²) in [5, 5.41) is 7.44. The average Bonchev–Trinajstić information content (AvgIpc) is 3.50. The number of aromatic nitrogens is 4. The van der Waals surface area contributed by atoms with Crippen molar-refractivity contribution in [3.05, 3.63) is 36.0 Å². The number of hydrogen-bond donors (Lipinski definition) is 2. The molecule has 0 atom stereocenters. The minimum absolute atomic E-state index is 0.261. The first-order valence-electron chi connectivity index (χ1n) is 12.4. The zero-order valence-electron chi connectivity index (χ0n) is 20.6. The van der Waals surface area contributed by atoms with Gasteiger partial charge in [0.05, 0.1) is 28.7 Å². The van der Waals surface area contributed by atoms with Crippen molar-refractivity contribution in [2.24, 2.45) is 0 Å². The summed E-state index contributed by atoms with van der Waals surface area (Å²) in [5.41, 5.74) is 2.13. The maximum absolute atomic E-state index is 14.7. The van der Waals surface area contributed by atoms with Gasteiger partial charge in [0, 0.05) is 25.2 Å². The molecule has 8 nitrogen and oxygen atoms in total. The number of rotatable bonds is 7. The first-order chi connectivity index (χ1) is 17.0. The van der Waals surface area contributed by atoms with Crippen molar-refractivity contribution in [2.75, 3.05) is 42.7 Å². The number of aryl methyl sites for hydroxylation is 1. The molecule has 0 radical (unpaired) electrons. The van der Waals surface area contributed by atoms with Gasteiger partial charge in [-0.2, -0.15) is 0 Å². The average molecular weight is 497 g/mol. The van der Waals surface area contributed by atoms with Gasteiger partial charge < -0.3 is 20.4 Å². The predicted octanol–water partition coefficient (Wildman–Crippen LogP) is 5.07. The minimum Gasteiger partial charge on any atom is -0.370 e. The van der Waals surface area contributed by atoms with E-state index in [-0.39, 0.29) is 5.69 Å². The van der Waals surface area contributed by atoms with E-state index < -0.39 is 5.82 Å². The van der Waals surface area contributed by atoms with Crippen LogP contribution in [0.3, 0.4) is 0 Å². The number of halogens is 1. The Morgan fingerprint density at radius 1 is 1.03 bits per heavy atom. The van der Waals surface area contributed by atoms with Crippen molar-refractivity contribution in [1.82, 2.24) is 24.8 Å². The zero-order valence-corrected chi connectivity index (χ0v) is 21.4. The summed E-state index contributed by atoms with van der Waals surface area (Å²) >= 11 is 1.44. The topological polar surface area (TPSA) is 82.1 Å². The minimum atomic E-state index is -0.459. The van der Waals surface area contributed by atoms with Crippen LogP contribution < -0.4 is 15.5 Å². The SMILES string of the molecule is Cc1nc(NC2CCCC2)sc1-c1nc(Nc2ccc(N3CCC(N(C)C)CC3)cn2)ncc1F. The summed E-state index contributed by atoms with van der Waals surface area (Å²) in [7, 11) is 4.29. The van der Waals surface area contributed by atoms with Gasteiger partial charge >= 0.3 is 0 Å². The molecule has 0 spiro atoms. The lowest BCUT2D eigenvalue weighted by Gasteiger charge is -2.36. The first-order valence-corrected chi connectivity index (χ1v) is 13.2. The Hall–Kier alpha value is -2.85. The van der Waals surface area contributed by atoms with Gasteiger partial charge in [0.1, 0.15) is 11.5 Å². The second-order valence-corrected chi connectivity index (χ2v) is 10.7. The van der Waals surface area contributed by atoms with E-state index in [1.54, 1.807) is 0 Å². The molecule has 0 amide bonds. The van der Waals surface area contributed by atoms with Gasteiger partial charge in [-0.05, 0) is 58.8 Å². The van der Waals surface area contributed by atoms with Crippen molar-refractivity contribution in [1.29, 1.82) is 0 Å². The molecule has 4 heterocycles. The Kier molecular flexibility index (Phi) is 7.10. The van der Waals surface area contributed by atoms with Crippen LogP contribution >= 0.6 is 11.3 Å². The Labute approximate surface area is 210 Å². The van der Waals surface area contributed by atoms with E-state index in [9.17, 15) is 4.39 Å². The normalized spacial score (nSPS) is 17.3. The highest BCUT2D eigenvalue weighted by Gasteiger charge is 2.22. The summed E-state index contributed by atoms with van der Waals surface area (Å²) in [6, 6.07) is 5.07. The maximum Gasteiger partial charge on any atom is 0.229 e. The highest BCUT2D eigenvalue weighted by molar-refractivity contribution is 7.19. The van der Waals surface area contributed by atoms with Crippen LogP contribution in [-0.4, -0.2) is 64.1 Å². The molecule has 1 aliphatic heterocycles. The molecule has 35 heavy (non-hydrogen) atoms. The number of anilines is 4. The Morgan fingerprint density at radius 2 is 1.80 bits per heavy atom. The smallest absolute Gasteiger partial charge is 0.229 e. The van der Waals surface area contributed by atoms with Gasteiger partial charge in [0.25, 0.3) is 0 Å². The van der Waals surface area contributed by atoms with Gasteiger partial charge in [-0.15, -0.1) is 0 Å². The quantitative estimate of drug-likeness (QED) is 0.469. The fourth-order valence-electron chi connectivity index (χ4n) is 4.91. The summed E-state index contributed by atoms with van der Waals surface area (Å²) in [4.78, 5) is 23.2. The van der Waals surface area contributed by atoms with Crippen molar-refractivity contribution >= 4 is 33.9 Å². The molecule has 2 aliphatic rings. The number of pyridine rings is 1. The fraction of sp³-hybridized carbons (Fsp3) is 0.520. The molecular formula is C25H33FN8S. The monoisotopic (exact) mass is 496 g/mol. The standard InChI is InChI=1S/C25H33FN8S/c1-16-23(35-25(29-16)30-17-6-4-5-7-17)22-20(26)15-28-24(32-22)31-21-9-8-19(14-27-21)34-12-10-18(11-13-34)33(2)3/h8-9,14-15,17-18H,4-7,10-13H2,1-3H3,(H,29,30)(H,27,28,31,32). The lowest BCUT2D eigenvalue weighted by molar-refractivity contribution is 0.249. The van der Waals surface area contributed by atoms with E-state index in [2.05, 4.69) is 60.5 Å². The van der Waals surface area contributed by atoms with Crippen LogP contribution in [0.4, 0.5) is 27.0 Å². The lowest BCUT2D eigenvalue weighted by Crippen LogP contribution is -2.42. The number of nitrogens with one attached hydrogen (secondary N) is 2. The summed E-state index contributed by atoms with van der Waals surface area (Å²) in [5.74, 6) is 0.477. The molecule has 0 unspecified atom stereocenters. The Bertz CT molecular complexity index is 1130. The third-order valence-electron chi connectivity index (χ3n) is 6.99. The van der Waals surface area contributed by atoms with Crippen LogP contribution in [0.5, 0.6) is 0 Å². The number of piperidine rings is 1. The third-order valence-corrected chi connectivity index (χ3v) is 8.08. The van der Waals surface area contributed by atoms with Crippen molar-refractivity contribution in [3.8, 4) is 10.6 Å². The predicted molar refractivity (Wildman–Crippen MR) is 140 cm³/mol. The molecule has 0 bridgehead atoms. The molecule has 0 aromatic carbocycles. The Balaban J connectivity index is 1.27. The zero-order chi connectivity index (χ0) is 24.4.